The van der Waals surface area contributed by atoms with Crippen molar-refractivity contribution >= 4 is 38.9 Å². The molecular weight excluding hydrogens is 363 g/mol. The highest BCUT2D eigenvalue weighted by molar-refractivity contribution is 9.11. The predicted molar refractivity (Wildman–Crippen MR) is 80.9 cm³/mol. The van der Waals surface area contributed by atoms with Crippen LogP contribution in [0.2, 0.25) is 0 Å². The van der Waals surface area contributed by atoms with Crippen LogP contribution in [0.15, 0.2) is 33.4 Å². The van der Waals surface area contributed by atoms with E-state index in [1.54, 1.807) is 7.05 Å². The first-order valence-corrected chi connectivity index (χ1v) is 7.48. The van der Waals surface area contributed by atoms with E-state index in [0.29, 0.717) is 6.54 Å². The van der Waals surface area contributed by atoms with E-state index in [0.717, 1.165) is 21.5 Å². The lowest BCUT2D eigenvalue weighted by molar-refractivity contribution is -0.387. The molecule has 8 heteroatoms. The van der Waals surface area contributed by atoms with E-state index in [2.05, 4.69) is 15.9 Å². The van der Waals surface area contributed by atoms with Crippen LogP contribution in [0.3, 0.4) is 0 Å². The minimum absolute atomic E-state index is 0.0786. The van der Waals surface area contributed by atoms with E-state index in [9.17, 15) is 19.3 Å². The quantitative estimate of drug-likeness (QED) is 0.605. The summed E-state index contributed by atoms with van der Waals surface area (Å²) >= 11 is 4.84. The van der Waals surface area contributed by atoms with Gasteiger partial charge in [-0.05, 0) is 45.1 Å². The van der Waals surface area contributed by atoms with E-state index >= 15 is 0 Å². The second-order valence-electron chi connectivity index (χ2n) is 4.34. The second kappa shape index (κ2) is 6.31. The van der Waals surface area contributed by atoms with Gasteiger partial charge in [0.25, 0.3) is 5.91 Å². The Morgan fingerprint density at radius 3 is 2.71 bits per heavy atom. The molecule has 1 heterocycles. The minimum Gasteiger partial charge on any atom is -0.337 e. The molecule has 1 aromatic heterocycles. The molecule has 1 aromatic carbocycles. The highest BCUT2D eigenvalue weighted by Crippen LogP contribution is 2.23. The number of carbonyl (C=O) groups is 1. The minimum atomic E-state index is -1.02. The molecule has 5 nitrogen and oxygen atoms in total. The zero-order valence-electron chi connectivity index (χ0n) is 10.9. The lowest BCUT2D eigenvalue weighted by Crippen LogP contribution is -2.26. The molecule has 0 aliphatic rings. The number of hydrogen-bond acceptors (Lipinski definition) is 4. The molecule has 2 aromatic rings. The summed E-state index contributed by atoms with van der Waals surface area (Å²) in [6.45, 7) is 0.375. The van der Waals surface area contributed by atoms with Crippen LogP contribution in [-0.2, 0) is 6.54 Å². The van der Waals surface area contributed by atoms with Gasteiger partial charge in [0.15, 0.2) is 0 Å². The average Bonchev–Trinajstić information content (AvgIpc) is 2.82. The second-order valence-corrected chi connectivity index (χ2v) is 6.63. The van der Waals surface area contributed by atoms with Gasteiger partial charge in [0.05, 0.1) is 8.71 Å². The fraction of sp³-hybridized carbons (Fsp3) is 0.154. The Balaban J connectivity index is 2.15. The molecule has 0 atom stereocenters. The van der Waals surface area contributed by atoms with Gasteiger partial charge in [0.2, 0.25) is 5.82 Å². The van der Waals surface area contributed by atoms with Gasteiger partial charge in [-0.25, -0.2) is 0 Å². The fourth-order valence-corrected chi connectivity index (χ4v) is 2.98. The van der Waals surface area contributed by atoms with Crippen molar-refractivity contribution in [3.05, 3.63) is 60.5 Å². The number of benzene rings is 1. The number of halogens is 2. The summed E-state index contributed by atoms with van der Waals surface area (Å²) in [6.07, 6.45) is 0. The molecule has 0 N–H and O–H groups in total. The predicted octanol–water partition coefficient (Wildman–Crippen LogP) is 3.83. The molecule has 0 bridgehead atoms. The third-order valence-corrected chi connectivity index (χ3v) is 4.33. The van der Waals surface area contributed by atoms with Gasteiger partial charge < -0.3 is 4.90 Å². The molecular formula is C13H10BrFN2O3S. The number of nitrogens with zero attached hydrogens (tertiary/aromatic N) is 2. The van der Waals surface area contributed by atoms with Crippen molar-refractivity contribution in [3.63, 3.8) is 0 Å². The van der Waals surface area contributed by atoms with Crippen molar-refractivity contribution in [2.45, 2.75) is 6.54 Å². The van der Waals surface area contributed by atoms with E-state index < -0.39 is 22.3 Å². The van der Waals surface area contributed by atoms with Gasteiger partial charge in [0.1, 0.15) is 0 Å². The van der Waals surface area contributed by atoms with Gasteiger partial charge in [-0.3, -0.25) is 14.9 Å². The molecule has 110 valence electrons. The third-order valence-electron chi connectivity index (χ3n) is 2.78. The summed E-state index contributed by atoms with van der Waals surface area (Å²) in [5.74, 6) is -1.41. The molecule has 0 saturated heterocycles. The Morgan fingerprint density at radius 2 is 2.19 bits per heavy atom. The number of nitro groups is 1. The van der Waals surface area contributed by atoms with Crippen molar-refractivity contribution in [2.24, 2.45) is 0 Å². The molecule has 0 aliphatic heterocycles. The molecule has 0 unspecified atom stereocenters. The topological polar surface area (TPSA) is 63.5 Å². The number of amides is 1. The summed E-state index contributed by atoms with van der Waals surface area (Å²) in [5.41, 5.74) is 0.385. The Kier molecular flexibility index (Phi) is 4.69. The van der Waals surface area contributed by atoms with E-state index in [4.69, 9.17) is 0 Å². The highest BCUT2D eigenvalue weighted by Gasteiger charge is 2.19. The molecule has 1 amide bonds. The van der Waals surface area contributed by atoms with E-state index in [1.807, 2.05) is 11.4 Å². The largest absolute Gasteiger partial charge is 0.337 e. The Bertz CT molecular complexity index is 704. The third kappa shape index (κ3) is 3.64. The van der Waals surface area contributed by atoms with Gasteiger partial charge in [-0.1, -0.05) is 0 Å². The fourth-order valence-electron chi connectivity index (χ4n) is 1.78. The first kappa shape index (κ1) is 15.6. The zero-order valence-corrected chi connectivity index (χ0v) is 13.3. The van der Waals surface area contributed by atoms with Crippen LogP contribution < -0.4 is 0 Å². The van der Waals surface area contributed by atoms with Crippen molar-refractivity contribution in [1.29, 1.82) is 0 Å². The summed E-state index contributed by atoms with van der Waals surface area (Å²) in [6, 6.07) is 5.03. The number of nitro benzene ring substituents is 1. The molecule has 21 heavy (non-hydrogen) atoms. The van der Waals surface area contributed by atoms with Crippen molar-refractivity contribution in [3.8, 4) is 0 Å². The Hall–Kier alpha value is -1.80. The van der Waals surface area contributed by atoms with Crippen LogP contribution in [0.1, 0.15) is 15.9 Å². The number of thiophene rings is 1. The number of carbonyl (C=O) groups excluding carboxylic acids is 1. The maximum atomic E-state index is 13.5. The van der Waals surface area contributed by atoms with Gasteiger partial charge in [-0.2, -0.15) is 4.39 Å². The van der Waals surface area contributed by atoms with Gasteiger partial charge in [0, 0.05) is 25.2 Å². The van der Waals surface area contributed by atoms with Gasteiger partial charge >= 0.3 is 5.69 Å². The van der Waals surface area contributed by atoms with E-state index in [1.165, 1.54) is 22.3 Å². The van der Waals surface area contributed by atoms with Crippen LogP contribution in [0.5, 0.6) is 0 Å². The monoisotopic (exact) mass is 372 g/mol. The molecule has 0 fully saturated rings. The molecule has 0 aliphatic carbocycles. The SMILES string of the molecule is CN(Cc1csc(Br)c1)C(=O)c1ccc([N+](=O)[O-])c(F)c1. The van der Waals surface area contributed by atoms with Crippen LogP contribution >= 0.6 is 27.3 Å². The maximum absolute atomic E-state index is 13.5. The first-order valence-electron chi connectivity index (χ1n) is 5.81. The van der Waals surface area contributed by atoms with E-state index in [-0.39, 0.29) is 5.56 Å². The summed E-state index contributed by atoms with van der Waals surface area (Å²) in [7, 11) is 1.59. The summed E-state index contributed by atoms with van der Waals surface area (Å²) < 4.78 is 14.5. The summed E-state index contributed by atoms with van der Waals surface area (Å²) in [4.78, 5) is 23.3. The highest BCUT2D eigenvalue weighted by atomic mass is 79.9. The lowest BCUT2D eigenvalue weighted by Gasteiger charge is -2.16. The number of hydrogen-bond donors (Lipinski definition) is 0. The first-order chi connectivity index (χ1) is 9.88. The van der Waals surface area contributed by atoms with Crippen molar-refractivity contribution < 1.29 is 14.1 Å². The average molecular weight is 373 g/mol. The van der Waals surface area contributed by atoms with Crippen LogP contribution in [-0.4, -0.2) is 22.8 Å². The Morgan fingerprint density at radius 1 is 1.48 bits per heavy atom. The molecule has 2 rings (SSSR count). The van der Waals surface area contributed by atoms with Crippen LogP contribution in [0, 0.1) is 15.9 Å². The van der Waals surface area contributed by atoms with Crippen LogP contribution in [0.25, 0.3) is 0 Å². The molecule has 0 saturated carbocycles. The smallest absolute Gasteiger partial charge is 0.304 e. The van der Waals surface area contributed by atoms with Crippen molar-refractivity contribution in [1.82, 2.24) is 4.90 Å². The molecule has 0 spiro atoms. The maximum Gasteiger partial charge on any atom is 0.304 e. The Labute approximate surface area is 132 Å². The lowest BCUT2D eigenvalue weighted by atomic mass is 10.1. The molecule has 0 radical (unpaired) electrons. The normalized spacial score (nSPS) is 10.4. The zero-order chi connectivity index (χ0) is 15.6. The van der Waals surface area contributed by atoms with Crippen molar-refractivity contribution in [2.75, 3.05) is 7.05 Å². The summed E-state index contributed by atoms with van der Waals surface area (Å²) in [5, 5.41) is 12.5. The van der Waals surface area contributed by atoms with Gasteiger partial charge in [-0.15, -0.1) is 11.3 Å². The standard InChI is InChI=1S/C13H10BrFN2O3S/c1-16(6-8-4-12(14)21-7-8)13(18)9-2-3-11(17(19)20)10(15)5-9/h2-5,7H,6H2,1H3. The number of rotatable bonds is 4. The van der Waals surface area contributed by atoms with Crippen LogP contribution in [0.4, 0.5) is 10.1 Å².